The Balaban J connectivity index is 2.67. The SMILES string of the molecule is CNCCN(C)CCc1cc(OC)c(OC)cc1C. The molecule has 19 heavy (non-hydrogen) atoms. The van der Waals surface area contributed by atoms with Gasteiger partial charge in [-0.2, -0.15) is 0 Å². The Bertz CT molecular complexity index is 394. The number of nitrogens with one attached hydrogen (secondary N) is 1. The zero-order valence-corrected chi connectivity index (χ0v) is 12.7. The van der Waals surface area contributed by atoms with Gasteiger partial charge in [0, 0.05) is 19.6 Å². The third-order valence-corrected chi connectivity index (χ3v) is 3.35. The molecule has 1 aromatic carbocycles. The van der Waals surface area contributed by atoms with Crippen LogP contribution in [0.3, 0.4) is 0 Å². The summed E-state index contributed by atoms with van der Waals surface area (Å²) >= 11 is 0. The van der Waals surface area contributed by atoms with Crippen LogP contribution < -0.4 is 14.8 Å². The number of methoxy groups -OCH3 is 2. The van der Waals surface area contributed by atoms with Gasteiger partial charge in [0.05, 0.1) is 14.2 Å². The Kier molecular flexibility index (Phi) is 6.67. The first-order valence-electron chi connectivity index (χ1n) is 6.67. The minimum atomic E-state index is 0.798. The fourth-order valence-corrected chi connectivity index (χ4v) is 2.02. The second-order valence-electron chi connectivity index (χ2n) is 4.79. The summed E-state index contributed by atoms with van der Waals surface area (Å²) in [7, 11) is 7.47. The zero-order chi connectivity index (χ0) is 14.3. The van der Waals surface area contributed by atoms with Crippen molar-refractivity contribution >= 4 is 0 Å². The number of hydrogen-bond acceptors (Lipinski definition) is 4. The maximum absolute atomic E-state index is 5.35. The first-order valence-corrected chi connectivity index (χ1v) is 6.67. The summed E-state index contributed by atoms with van der Waals surface area (Å²) in [5, 5.41) is 3.16. The Morgan fingerprint density at radius 1 is 1.11 bits per heavy atom. The normalized spacial score (nSPS) is 10.8. The molecule has 1 aromatic rings. The summed E-state index contributed by atoms with van der Waals surface area (Å²) in [4.78, 5) is 2.33. The van der Waals surface area contributed by atoms with Crippen LogP contribution >= 0.6 is 0 Å². The number of hydrogen-bond donors (Lipinski definition) is 1. The van der Waals surface area contributed by atoms with Crippen molar-refractivity contribution in [2.75, 3.05) is 47.9 Å². The van der Waals surface area contributed by atoms with E-state index < -0.39 is 0 Å². The van der Waals surface area contributed by atoms with Crippen LogP contribution in [0.15, 0.2) is 12.1 Å². The Morgan fingerprint density at radius 3 is 2.32 bits per heavy atom. The maximum atomic E-state index is 5.35. The van der Waals surface area contributed by atoms with Gasteiger partial charge in [-0.05, 0) is 50.7 Å². The molecule has 1 N–H and O–H groups in total. The summed E-state index contributed by atoms with van der Waals surface area (Å²) in [6.45, 7) is 5.23. The third kappa shape index (κ3) is 4.73. The highest BCUT2D eigenvalue weighted by molar-refractivity contribution is 5.47. The molecule has 0 saturated carbocycles. The lowest BCUT2D eigenvalue weighted by atomic mass is 10.0. The summed E-state index contributed by atoms with van der Waals surface area (Å²) in [6, 6.07) is 4.13. The number of ether oxygens (including phenoxy) is 2. The van der Waals surface area contributed by atoms with E-state index in [1.54, 1.807) is 14.2 Å². The van der Waals surface area contributed by atoms with Crippen molar-refractivity contribution in [1.29, 1.82) is 0 Å². The molecule has 4 heteroatoms. The lowest BCUT2D eigenvalue weighted by molar-refractivity contribution is 0.337. The van der Waals surface area contributed by atoms with Crippen LogP contribution in [0.1, 0.15) is 11.1 Å². The lowest BCUT2D eigenvalue weighted by Gasteiger charge is -2.18. The minimum Gasteiger partial charge on any atom is -0.493 e. The van der Waals surface area contributed by atoms with Gasteiger partial charge < -0.3 is 19.7 Å². The molecule has 0 aromatic heterocycles. The van der Waals surface area contributed by atoms with Crippen molar-refractivity contribution in [2.45, 2.75) is 13.3 Å². The van der Waals surface area contributed by atoms with Gasteiger partial charge in [0.25, 0.3) is 0 Å². The van der Waals surface area contributed by atoms with E-state index in [0.29, 0.717) is 0 Å². The minimum absolute atomic E-state index is 0.798. The van der Waals surface area contributed by atoms with Gasteiger partial charge in [-0.1, -0.05) is 0 Å². The molecule has 0 aliphatic rings. The van der Waals surface area contributed by atoms with Crippen molar-refractivity contribution < 1.29 is 9.47 Å². The maximum Gasteiger partial charge on any atom is 0.161 e. The first kappa shape index (κ1) is 15.8. The van der Waals surface area contributed by atoms with Crippen molar-refractivity contribution in [3.63, 3.8) is 0 Å². The summed E-state index contributed by atoms with van der Waals surface area (Å²) in [5.74, 6) is 1.60. The van der Waals surface area contributed by atoms with Crippen molar-refractivity contribution in [3.8, 4) is 11.5 Å². The van der Waals surface area contributed by atoms with Gasteiger partial charge in [0.1, 0.15) is 0 Å². The van der Waals surface area contributed by atoms with E-state index in [1.165, 1.54) is 11.1 Å². The first-order chi connectivity index (χ1) is 9.12. The molecule has 0 aliphatic heterocycles. The van der Waals surface area contributed by atoms with Crippen molar-refractivity contribution in [2.24, 2.45) is 0 Å². The molecule has 0 unspecified atom stereocenters. The van der Waals surface area contributed by atoms with Crippen LogP contribution in [0.2, 0.25) is 0 Å². The highest BCUT2D eigenvalue weighted by Gasteiger charge is 2.09. The van der Waals surface area contributed by atoms with Crippen LogP contribution in [0, 0.1) is 6.92 Å². The van der Waals surface area contributed by atoms with Gasteiger partial charge in [0.15, 0.2) is 11.5 Å². The average Bonchev–Trinajstić information content (AvgIpc) is 2.43. The molecule has 0 bridgehead atoms. The van der Waals surface area contributed by atoms with Gasteiger partial charge >= 0.3 is 0 Å². The molecule has 108 valence electrons. The molecule has 0 radical (unpaired) electrons. The summed E-state index contributed by atoms with van der Waals surface area (Å²) in [6.07, 6.45) is 1.02. The molecule has 4 nitrogen and oxygen atoms in total. The topological polar surface area (TPSA) is 33.7 Å². The fourth-order valence-electron chi connectivity index (χ4n) is 2.02. The Morgan fingerprint density at radius 2 is 1.74 bits per heavy atom. The van der Waals surface area contributed by atoms with Crippen LogP contribution in [0.4, 0.5) is 0 Å². The molecule has 1 rings (SSSR count). The Hall–Kier alpha value is -1.26. The molecular formula is C15H26N2O2. The van der Waals surface area contributed by atoms with Crippen molar-refractivity contribution in [1.82, 2.24) is 10.2 Å². The average molecular weight is 266 g/mol. The molecule has 0 spiro atoms. The predicted octanol–water partition coefficient (Wildman–Crippen LogP) is 1.71. The highest BCUT2D eigenvalue weighted by Crippen LogP contribution is 2.30. The molecule has 0 amide bonds. The Labute approximate surface area is 116 Å². The number of benzene rings is 1. The van der Waals surface area contributed by atoms with Crippen LogP contribution in [0.5, 0.6) is 11.5 Å². The molecular weight excluding hydrogens is 240 g/mol. The van der Waals surface area contributed by atoms with Gasteiger partial charge in [-0.3, -0.25) is 0 Å². The van der Waals surface area contributed by atoms with E-state index in [9.17, 15) is 0 Å². The number of nitrogens with zero attached hydrogens (tertiary/aromatic N) is 1. The number of likely N-dealkylation sites (N-methyl/N-ethyl adjacent to an activating group) is 2. The second-order valence-corrected chi connectivity index (χ2v) is 4.79. The fraction of sp³-hybridized carbons (Fsp3) is 0.600. The van der Waals surface area contributed by atoms with E-state index in [4.69, 9.17) is 9.47 Å². The second kappa shape index (κ2) is 8.02. The van der Waals surface area contributed by atoms with Gasteiger partial charge in [-0.15, -0.1) is 0 Å². The predicted molar refractivity (Wildman–Crippen MR) is 79.4 cm³/mol. The summed E-state index contributed by atoms with van der Waals surface area (Å²) < 4.78 is 10.7. The molecule has 0 fully saturated rings. The largest absolute Gasteiger partial charge is 0.493 e. The van der Waals surface area contributed by atoms with Crippen LogP contribution in [0.25, 0.3) is 0 Å². The summed E-state index contributed by atoms with van der Waals surface area (Å²) in [5.41, 5.74) is 2.56. The smallest absolute Gasteiger partial charge is 0.161 e. The van der Waals surface area contributed by atoms with Crippen molar-refractivity contribution in [3.05, 3.63) is 23.3 Å². The van der Waals surface area contributed by atoms with E-state index in [2.05, 4.69) is 30.3 Å². The number of rotatable bonds is 8. The van der Waals surface area contributed by atoms with Gasteiger partial charge in [0.2, 0.25) is 0 Å². The molecule has 0 saturated heterocycles. The lowest BCUT2D eigenvalue weighted by Crippen LogP contribution is -2.29. The molecule has 0 aliphatic carbocycles. The number of aryl methyl sites for hydroxylation is 1. The standard InChI is InChI=1S/C15H26N2O2/c1-12-10-14(18-4)15(19-5)11-13(12)6-8-17(3)9-7-16-2/h10-11,16H,6-9H2,1-5H3. The van der Waals surface area contributed by atoms with Crippen LogP contribution in [-0.2, 0) is 6.42 Å². The van der Waals surface area contributed by atoms with E-state index >= 15 is 0 Å². The van der Waals surface area contributed by atoms with E-state index in [-0.39, 0.29) is 0 Å². The third-order valence-electron chi connectivity index (χ3n) is 3.35. The highest BCUT2D eigenvalue weighted by atomic mass is 16.5. The monoisotopic (exact) mass is 266 g/mol. The van der Waals surface area contributed by atoms with Gasteiger partial charge in [-0.25, -0.2) is 0 Å². The quantitative estimate of drug-likeness (QED) is 0.776. The molecule has 0 heterocycles. The van der Waals surface area contributed by atoms with E-state index in [0.717, 1.165) is 37.6 Å². The van der Waals surface area contributed by atoms with Crippen LogP contribution in [-0.4, -0.2) is 52.8 Å². The van der Waals surface area contributed by atoms with E-state index in [1.807, 2.05) is 13.1 Å². The molecule has 0 atom stereocenters. The zero-order valence-electron chi connectivity index (χ0n) is 12.7.